The normalized spacial score (nSPS) is 17.4. The fourth-order valence-electron chi connectivity index (χ4n) is 7.44. The van der Waals surface area contributed by atoms with E-state index in [1.165, 1.54) is 43.8 Å². The van der Waals surface area contributed by atoms with Gasteiger partial charge in [0.25, 0.3) is 0 Å². The van der Waals surface area contributed by atoms with Gasteiger partial charge in [-0.3, -0.25) is 0 Å². The monoisotopic (exact) mass is 808 g/mol. The van der Waals surface area contributed by atoms with Crippen LogP contribution in [-0.2, 0) is 20.1 Å². The molecule has 224 valence electrons. The summed E-state index contributed by atoms with van der Waals surface area (Å²) in [7, 11) is 0. The fourth-order valence-corrected chi connectivity index (χ4v) is 38.2. The Hall–Kier alpha value is -2.75. The zero-order valence-electron chi connectivity index (χ0n) is 26.5. The van der Waals surface area contributed by atoms with E-state index in [1.54, 1.807) is 16.3 Å². The molecule has 0 aromatic heterocycles. The molecule has 5 aromatic rings. The maximum absolute atomic E-state index is 2.64. The minimum Gasteiger partial charge on any atom is -1.00 e. The van der Waals surface area contributed by atoms with Crippen LogP contribution >= 0.6 is 0 Å². The number of hydrogen-bond acceptors (Lipinski definition) is 0. The van der Waals surface area contributed by atoms with E-state index in [9.17, 15) is 0 Å². The second-order valence-electron chi connectivity index (χ2n) is 12.3. The van der Waals surface area contributed by atoms with Gasteiger partial charge in [0.05, 0.1) is 0 Å². The van der Waals surface area contributed by atoms with Gasteiger partial charge in [0.15, 0.2) is 0 Å². The third kappa shape index (κ3) is 6.20. The predicted molar refractivity (Wildman–Crippen MR) is 185 cm³/mol. The molecule has 0 nitrogen and oxygen atoms in total. The van der Waals surface area contributed by atoms with Gasteiger partial charge < -0.3 is 24.8 Å². The third-order valence-electron chi connectivity index (χ3n) is 9.60. The second kappa shape index (κ2) is 13.9. The van der Waals surface area contributed by atoms with Crippen molar-refractivity contribution < 1.29 is 44.9 Å². The SMILES string of the molecule is CC1=[C]([Hf+2]([C]2=C(C)C(c3ccc4ccccc4c3)=CC2C)=[Si](C)c2ccccc2)C(C)C=C1c1ccc2ccccc2c1.[Cl-].[Cl-]. The van der Waals surface area contributed by atoms with Crippen LogP contribution in [0.2, 0.25) is 6.55 Å². The third-order valence-corrected chi connectivity index (χ3v) is 37.0. The molecular formula is C41H38Cl2HfSi. The van der Waals surface area contributed by atoms with E-state index in [0.29, 0.717) is 11.8 Å². The molecule has 7 rings (SSSR count). The molecule has 2 aliphatic rings. The number of allylic oxidation sites excluding steroid dienone is 8. The van der Waals surface area contributed by atoms with E-state index < -0.39 is 25.6 Å². The Balaban J connectivity index is 0.00000200. The molecule has 5 aromatic carbocycles. The van der Waals surface area contributed by atoms with Gasteiger partial charge in [-0.1, -0.05) is 0 Å². The number of rotatable bonds is 5. The summed E-state index contributed by atoms with van der Waals surface area (Å²) in [5.41, 5.74) is 8.05. The topological polar surface area (TPSA) is 0 Å². The van der Waals surface area contributed by atoms with Crippen molar-refractivity contribution in [2.75, 3.05) is 0 Å². The van der Waals surface area contributed by atoms with Crippen molar-refractivity contribution in [1.82, 2.24) is 0 Å². The molecular weight excluding hydrogens is 770 g/mol. The Kier molecular flexibility index (Phi) is 10.4. The zero-order chi connectivity index (χ0) is 29.7. The van der Waals surface area contributed by atoms with E-state index in [1.807, 2.05) is 6.66 Å². The first-order valence-corrected chi connectivity index (χ1v) is 26.5. The predicted octanol–water partition coefficient (Wildman–Crippen LogP) is 4.46. The maximum atomic E-state index is 2.64. The van der Waals surface area contributed by atoms with Crippen LogP contribution in [0.25, 0.3) is 32.7 Å². The number of hydrogen-bond donors (Lipinski definition) is 0. The molecule has 0 amide bonds. The van der Waals surface area contributed by atoms with Gasteiger partial charge in [-0.15, -0.1) is 0 Å². The van der Waals surface area contributed by atoms with Crippen molar-refractivity contribution in [3.63, 3.8) is 0 Å². The quantitative estimate of drug-likeness (QED) is 0.231. The molecule has 0 N–H and O–H groups in total. The van der Waals surface area contributed by atoms with Crippen LogP contribution in [0.5, 0.6) is 0 Å². The Bertz CT molecular complexity index is 1960. The van der Waals surface area contributed by atoms with E-state index >= 15 is 0 Å². The second-order valence-corrected chi connectivity index (χ2v) is 32.9. The maximum Gasteiger partial charge on any atom is -1.00 e. The molecule has 2 unspecified atom stereocenters. The first kappa shape index (κ1) is 33.6. The van der Waals surface area contributed by atoms with Crippen molar-refractivity contribution in [3.8, 4) is 0 Å². The van der Waals surface area contributed by atoms with Crippen LogP contribution in [0.1, 0.15) is 38.8 Å². The molecule has 2 aliphatic carbocycles. The number of benzene rings is 5. The van der Waals surface area contributed by atoms with E-state index in [-0.39, 0.29) is 24.8 Å². The van der Waals surface area contributed by atoms with Gasteiger partial charge in [0, 0.05) is 0 Å². The van der Waals surface area contributed by atoms with Crippen LogP contribution in [0.4, 0.5) is 0 Å². The molecule has 4 heteroatoms. The van der Waals surface area contributed by atoms with Gasteiger partial charge in [-0.05, 0) is 0 Å². The summed E-state index contributed by atoms with van der Waals surface area (Å²) < 4.78 is 3.67. The molecule has 0 spiro atoms. The van der Waals surface area contributed by atoms with Crippen molar-refractivity contribution in [1.29, 1.82) is 0 Å². The summed E-state index contributed by atoms with van der Waals surface area (Å²) in [6.07, 6.45) is 5.18. The minimum absolute atomic E-state index is 0. The van der Waals surface area contributed by atoms with Crippen molar-refractivity contribution >= 4 is 43.4 Å². The minimum atomic E-state index is -2.61. The molecule has 0 saturated carbocycles. The summed E-state index contributed by atoms with van der Waals surface area (Å²) in [5.74, 6) is 0.981. The number of halogens is 2. The molecule has 0 bridgehead atoms. The molecule has 0 aliphatic heterocycles. The van der Waals surface area contributed by atoms with Crippen LogP contribution in [0.3, 0.4) is 0 Å². The smallest absolute Gasteiger partial charge is 1.00 e. The van der Waals surface area contributed by atoms with Crippen LogP contribution < -0.4 is 30.0 Å². The molecule has 0 heterocycles. The summed E-state index contributed by atoms with van der Waals surface area (Å²) in [4.78, 5) is 0. The van der Waals surface area contributed by atoms with Gasteiger partial charge in [0.1, 0.15) is 0 Å². The molecule has 0 radical (unpaired) electrons. The Morgan fingerprint density at radius 3 is 1.36 bits per heavy atom. The average Bonchev–Trinajstić information content (AvgIpc) is 3.50. The van der Waals surface area contributed by atoms with Crippen LogP contribution in [0.15, 0.2) is 145 Å². The van der Waals surface area contributed by atoms with Gasteiger partial charge in [-0.25, -0.2) is 0 Å². The van der Waals surface area contributed by atoms with Crippen molar-refractivity contribution in [2.24, 2.45) is 11.8 Å². The van der Waals surface area contributed by atoms with Gasteiger partial charge >= 0.3 is 266 Å². The van der Waals surface area contributed by atoms with E-state index in [0.717, 1.165) is 0 Å². The van der Waals surface area contributed by atoms with Gasteiger partial charge in [0.2, 0.25) is 0 Å². The van der Waals surface area contributed by atoms with Gasteiger partial charge in [-0.2, -0.15) is 0 Å². The Morgan fingerprint density at radius 2 is 0.911 bits per heavy atom. The van der Waals surface area contributed by atoms with E-state index in [2.05, 4.69) is 162 Å². The molecule has 0 fully saturated rings. The summed E-state index contributed by atoms with van der Waals surface area (Å²) in [6.45, 7) is 12.5. The van der Waals surface area contributed by atoms with Crippen LogP contribution in [0, 0.1) is 11.8 Å². The van der Waals surface area contributed by atoms with Crippen molar-refractivity contribution in [2.45, 2.75) is 34.2 Å². The molecule has 0 saturated heterocycles. The fraction of sp³-hybridized carbons (Fsp3) is 0.171. The van der Waals surface area contributed by atoms with E-state index in [4.69, 9.17) is 0 Å². The van der Waals surface area contributed by atoms with Crippen molar-refractivity contribution in [3.05, 3.63) is 156 Å². The first-order chi connectivity index (χ1) is 20.9. The average molecular weight is 808 g/mol. The largest absolute Gasteiger partial charge is 1.00 e. The van der Waals surface area contributed by atoms with Crippen LogP contribution in [-0.4, -0.2) is 5.49 Å². The zero-order valence-corrected chi connectivity index (χ0v) is 32.6. The molecule has 2 atom stereocenters. The summed E-state index contributed by atoms with van der Waals surface area (Å²) >= 11 is -2.61. The first-order valence-electron chi connectivity index (χ1n) is 15.5. The number of fused-ring (bicyclic) bond motifs is 2. The Labute approximate surface area is 288 Å². The summed E-state index contributed by atoms with van der Waals surface area (Å²) in [5, 5.41) is 6.88. The standard InChI is InChI=1S/2C17H15.C7H8Si.2ClH.Hf/c2*1-12-9-13(2)17(10-12)16-8-7-14-5-3-4-6-15(14)11-16;1-8-7-5-3-2-4-6-7;;;/h2*3-8,10-12H,1-2H3;2-6H,1H3;2*1H;/q;;;;;+2/p-2. The Morgan fingerprint density at radius 1 is 0.511 bits per heavy atom. The summed E-state index contributed by atoms with van der Waals surface area (Å²) in [6, 6.07) is 43.1. The molecule has 45 heavy (non-hydrogen) atoms.